The Morgan fingerprint density at radius 2 is 2.21 bits per heavy atom. The van der Waals surface area contributed by atoms with E-state index in [2.05, 4.69) is 25.4 Å². The fraction of sp³-hybridized carbons (Fsp3) is 0.333. The molecule has 0 atom stereocenters. The number of amides is 1. The Morgan fingerprint density at radius 3 is 2.97 bits per heavy atom. The van der Waals surface area contributed by atoms with E-state index >= 15 is 0 Å². The molecule has 8 heteroatoms. The fourth-order valence-corrected chi connectivity index (χ4v) is 3.41. The first-order chi connectivity index (χ1) is 13.9. The van der Waals surface area contributed by atoms with E-state index in [0.29, 0.717) is 17.0 Å². The standard InChI is InChI=1S/C21H21FN6O/c1-21(2,22)11-25-20(29)16-10-26-28-6-5-13(7-17(16)28)14-8-24-19-15(14)9-23-18(27-19)12-3-4-12/h5-10,12H,3-4,11H2,1-2H3,(H,25,29)(H,23,24,27). The van der Waals surface area contributed by atoms with Gasteiger partial charge in [0, 0.05) is 35.5 Å². The van der Waals surface area contributed by atoms with E-state index < -0.39 is 5.67 Å². The molecule has 4 aromatic heterocycles. The zero-order valence-corrected chi connectivity index (χ0v) is 16.2. The van der Waals surface area contributed by atoms with Gasteiger partial charge in [0.25, 0.3) is 5.91 Å². The summed E-state index contributed by atoms with van der Waals surface area (Å²) in [4.78, 5) is 24.9. The Bertz CT molecular complexity index is 1230. The van der Waals surface area contributed by atoms with Crippen LogP contribution >= 0.6 is 0 Å². The molecule has 2 N–H and O–H groups in total. The van der Waals surface area contributed by atoms with Crippen molar-refractivity contribution in [1.29, 1.82) is 0 Å². The summed E-state index contributed by atoms with van der Waals surface area (Å²) >= 11 is 0. The number of carbonyl (C=O) groups excluding carboxylic acids is 1. The van der Waals surface area contributed by atoms with Crippen molar-refractivity contribution in [1.82, 2.24) is 29.9 Å². The summed E-state index contributed by atoms with van der Waals surface area (Å²) < 4.78 is 15.4. The summed E-state index contributed by atoms with van der Waals surface area (Å²) in [6, 6.07) is 3.84. The fourth-order valence-electron chi connectivity index (χ4n) is 3.41. The molecule has 0 radical (unpaired) electrons. The van der Waals surface area contributed by atoms with Crippen LogP contribution in [0.25, 0.3) is 27.7 Å². The number of carbonyl (C=O) groups is 1. The highest BCUT2D eigenvalue weighted by Crippen LogP contribution is 2.39. The Labute approximate surface area is 166 Å². The largest absolute Gasteiger partial charge is 0.349 e. The van der Waals surface area contributed by atoms with Gasteiger partial charge in [-0.05, 0) is 44.4 Å². The molecule has 1 aliphatic rings. The Hall–Kier alpha value is -3.29. The minimum absolute atomic E-state index is 0.0635. The van der Waals surface area contributed by atoms with Crippen LogP contribution in [0.1, 0.15) is 48.8 Å². The number of aromatic nitrogens is 5. The summed E-state index contributed by atoms with van der Waals surface area (Å²) in [6.07, 6.45) is 9.38. The first-order valence-electron chi connectivity index (χ1n) is 9.68. The molecule has 1 aliphatic carbocycles. The van der Waals surface area contributed by atoms with Crippen molar-refractivity contribution in [2.24, 2.45) is 0 Å². The van der Waals surface area contributed by atoms with E-state index in [0.717, 1.165) is 40.8 Å². The maximum Gasteiger partial charge on any atom is 0.255 e. The third kappa shape index (κ3) is 3.35. The minimum atomic E-state index is -1.48. The van der Waals surface area contributed by atoms with Crippen LogP contribution in [0.5, 0.6) is 0 Å². The number of rotatable bonds is 5. The molecule has 1 fully saturated rings. The van der Waals surface area contributed by atoms with Crippen molar-refractivity contribution >= 4 is 22.5 Å². The average Bonchev–Trinajstić information content (AvgIpc) is 3.32. The highest BCUT2D eigenvalue weighted by atomic mass is 19.1. The molecule has 4 aromatic rings. The van der Waals surface area contributed by atoms with Gasteiger partial charge in [0.05, 0.1) is 23.8 Å². The van der Waals surface area contributed by atoms with E-state index in [-0.39, 0.29) is 12.5 Å². The lowest BCUT2D eigenvalue weighted by Gasteiger charge is -2.14. The Balaban J connectivity index is 1.51. The predicted molar refractivity (Wildman–Crippen MR) is 108 cm³/mol. The molecule has 1 saturated carbocycles. The van der Waals surface area contributed by atoms with E-state index in [1.807, 2.05) is 24.5 Å². The number of nitrogens with one attached hydrogen (secondary N) is 2. The maximum absolute atomic E-state index is 13.7. The van der Waals surface area contributed by atoms with Crippen LogP contribution in [0.3, 0.4) is 0 Å². The number of hydrogen-bond donors (Lipinski definition) is 2. The summed E-state index contributed by atoms with van der Waals surface area (Å²) in [6.45, 7) is 2.79. The van der Waals surface area contributed by atoms with Crippen LogP contribution < -0.4 is 5.32 Å². The van der Waals surface area contributed by atoms with Crippen LogP contribution in [0.15, 0.2) is 36.9 Å². The van der Waals surface area contributed by atoms with Gasteiger partial charge in [-0.2, -0.15) is 5.10 Å². The second-order valence-corrected chi connectivity index (χ2v) is 8.17. The molecule has 148 valence electrons. The molecule has 0 bridgehead atoms. The topological polar surface area (TPSA) is 88.0 Å². The van der Waals surface area contributed by atoms with Crippen LogP contribution in [0.4, 0.5) is 4.39 Å². The van der Waals surface area contributed by atoms with Gasteiger partial charge in [0.2, 0.25) is 0 Å². The van der Waals surface area contributed by atoms with Crippen LogP contribution in [0.2, 0.25) is 0 Å². The lowest BCUT2D eigenvalue weighted by Crippen LogP contribution is -2.35. The lowest BCUT2D eigenvalue weighted by molar-refractivity contribution is 0.0922. The van der Waals surface area contributed by atoms with Gasteiger partial charge < -0.3 is 10.3 Å². The van der Waals surface area contributed by atoms with E-state index in [9.17, 15) is 9.18 Å². The SMILES string of the molecule is CC(C)(F)CNC(=O)c1cnn2ccc(-c3c[nH]c4nc(C5CC5)ncc34)cc12. The normalized spacial score (nSPS) is 14.6. The molecule has 29 heavy (non-hydrogen) atoms. The average molecular weight is 392 g/mol. The second-order valence-electron chi connectivity index (χ2n) is 8.17. The smallest absolute Gasteiger partial charge is 0.255 e. The first kappa shape index (κ1) is 17.8. The Morgan fingerprint density at radius 1 is 1.38 bits per heavy atom. The van der Waals surface area contributed by atoms with Gasteiger partial charge in [0.1, 0.15) is 17.1 Å². The quantitative estimate of drug-likeness (QED) is 0.543. The molecule has 7 nitrogen and oxygen atoms in total. The van der Waals surface area contributed by atoms with Crippen LogP contribution in [0, 0.1) is 0 Å². The number of hydrogen-bond acceptors (Lipinski definition) is 4. The van der Waals surface area contributed by atoms with Gasteiger partial charge >= 0.3 is 0 Å². The lowest BCUT2D eigenvalue weighted by atomic mass is 10.1. The summed E-state index contributed by atoms with van der Waals surface area (Å²) in [5.41, 5.74) is 2.28. The number of H-pyrrole nitrogens is 1. The minimum Gasteiger partial charge on any atom is -0.349 e. The van der Waals surface area contributed by atoms with E-state index in [4.69, 9.17) is 0 Å². The highest BCUT2D eigenvalue weighted by molar-refractivity contribution is 6.02. The number of aromatic amines is 1. The molecule has 0 spiro atoms. The van der Waals surface area contributed by atoms with Crippen molar-refractivity contribution < 1.29 is 9.18 Å². The molecule has 0 saturated heterocycles. The van der Waals surface area contributed by atoms with E-state index in [1.165, 1.54) is 20.0 Å². The molecule has 5 rings (SSSR count). The van der Waals surface area contributed by atoms with Gasteiger partial charge in [-0.1, -0.05) is 0 Å². The number of nitrogens with zero attached hydrogens (tertiary/aromatic N) is 4. The molecular weight excluding hydrogens is 371 g/mol. The second kappa shape index (κ2) is 6.37. The summed E-state index contributed by atoms with van der Waals surface area (Å²) in [5, 5.41) is 7.80. The zero-order valence-electron chi connectivity index (χ0n) is 16.2. The first-order valence-corrected chi connectivity index (χ1v) is 9.68. The van der Waals surface area contributed by atoms with Crippen molar-refractivity contribution in [2.75, 3.05) is 6.54 Å². The maximum atomic E-state index is 13.7. The van der Waals surface area contributed by atoms with Gasteiger partial charge in [-0.25, -0.2) is 18.9 Å². The molecule has 0 aromatic carbocycles. The number of halogens is 1. The van der Waals surface area contributed by atoms with Crippen molar-refractivity contribution in [3.8, 4) is 11.1 Å². The number of pyridine rings is 1. The van der Waals surface area contributed by atoms with Crippen molar-refractivity contribution in [2.45, 2.75) is 38.3 Å². The van der Waals surface area contributed by atoms with Crippen LogP contribution in [-0.2, 0) is 0 Å². The van der Waals surface area contributed by atoms with Crippen molar-refractivity contribution in [3.63, 3.8) is 0 Å². The molecule has 1 amide bonds. The van der Waals surface area contributed by atoms with E-state index in [1.54, 1.807) is 10.7 Å². The zero-order chi connectivity index (χ0) is 20.2. The van der Waals surface area contributed by atoms with Gasteiger partial charge in [-0.3, -0.25) is 4.79 Å². The highest BCUT2D eigenvalue weighted by Gasteiger charge is 2.27. The predicted octanol–water partition coefficient (Wildman–Crippen LogP) is 3.63. The molecular formula is C21H21FN6O. The summed E-state index contributed by atoms with van der Waals surface area (Å²) in [7, 11) is 0. The molecule has 4 heterocycles. The van der Waals surface area contributed by atoms with Gasteiger partial charge in [0.15, 0.2) is 0 Å². The molecule has 0 aliphatic heterocycles. The van der Waals surface area contributed by atoms with Gasteiger partial charge in [-0.15, -0.1) is 0 Å². The third-order valence-corrected chi connectivity index (χ3v) is 5.14. The number of fused-ring (bicyclic) bond motifs is 2. The molecule has 0 unspecified atom stereocenters. The third-order valence-electron chi connectivity index (χ3n) is 5.14. The Kier molecular flexibility index (Phi) is 3.90. The monoisotopic (exact) mass is 392 g/mol. The van der Waals surface area contributed by atoms with Crippen molar-refractivity contribution in [3.05, 3.63) is 48.3 Å². The summed E-state index contributed by atoms with van der Waals surface area (Å²) in [5.74, 6) is 1.04. The van der Waals surface area contributed by atoms with Crippen LogP contribution in [-0.4, -0.2) is 42.7 Å². The number of alkyl halides is 1.